The lowest BCUT2D eigenvalue weighted by Crippen LogP contribution is -2.47. The molecule has 2 rings (SSSR count). The second-order valence-electron chi connectivity index (χ2n) is 4.66. The summed E-state index contributed by atoms with van der Waals surface area (Å²) < 4.78 is 5.37. The van der Waals surface area contributed by atoms with E-state index in [0.717, 1.165) is 52.0 Å². The lowest BCUT2D eigenvalue weighted by atomic mass is 9.92. The molecule has 0 amide bonds. The molecule has 2 aliphatic heterocycles. The summed E-state index contributed by atoms with van der Waals surface area (Å²) in [7, 11) is 0. The van der Waals surface area contributed by atoms with Crippen molar-refractivity contribution in [2.45, 2.75) is 38.6 Å². The van der Waals surface area contributed by atoms with Gasteiger partial charge in [-0.15, -0.1) is 0 Å². The smallest absolute Gasteiger partial charge is 0.138 e. The number of rotatable bonds is 2. The molecule has 2 heterocycles. The fraction of sp³-hybridized carbons (Fsp3) is 0.917. The van der Waals surface area contributed by atoms with E-state index in [-0.39, 0.29) is 0 Å². The Bertz CT molecular complexity index is 224. The van der Waals surface area contributed by atoms with Gasteiger partial charge in [-0.1, -0.05) is 6.92 Å². The van der Waals surface area contributed by atoms with Crippen molar-refractivity contribution >= 4 is 5.78 Å². The number of hydrogen-bond acceptors (Lipinski definition) is 3. The van der Waals surface area contributed by atoms with E-state index in [0.29, 0.717) is 17.7 Å². The minimum Gasteiger partial charge on any atom is -0.381 e. The Labute approximate surface area is 91.8 Å². The molecule has 2 fully saturated rings. The largest absolute Gasteiger partial charge is 0.381 e. The van der Waals surface area contributed by atoms with E-state index in [1.165, 1.54) is 0 Å². The van der Waals surface area contributed by atoms with Gasteiger partial charge in [0.05, 0.1) is 0 Å². The number of carbonyl (C=O) groups excluding carboxylic acids is 1. The molecule has 0 N–H and O–H groups in total. The van der Waals surface area contributed by atoms with Crippen LogP contribution in [0.4, 0.5) is 0 Å². The van der Waals surface area contributed by atoms with Gasteiger partial charge in [-0.25, -0.2) is 0 Å². The van der Waals surface area contributed by atoms with E-state index in [4.69, 9.17) is 4.74 Å². The third kappa shape index (κ3) is 2.58. The van der Waals surface area contributed by atoms with Gasteiger partial charge in [0.25, 0.3) is 0 Å². The zero-order valence-electron chi connectivity index (χ0n) is 9.58. The van der Waals surface area contributed by atoms with E-state index >= 15 is 0 Å². The highest BCUT2D eigenvalue weighted by atomic mass is 16.5. The minimum atomic E-state index is 0.293. The van der Waals surface area contributed by atoms with Crippen molar-refractivity contribution in [2.75, 3.05) is 26.3 Å². The van der Waals surface area contributed by atoms with E-state index in [2.05, 4.69) is 11.8 Å². The van der Waals surface area contributed by atoms with Crippen LogP contribution in [0.5, 0.6) is 0 Å². The van der Waals surface area contributed by atoms with E-state index in [1.807, 2.05) is 0 Å². The number of nitrogens with zero attached hydrogens (tertiary/aromatic N) is 1. The Balaban J connectivity index is 1.89. The SMILES string of the molecule is CCC1CN(C2CCOCC2)CCC1=O. The molecule has 3 heteroatoms. The summed E-state index contributed by atoms with van der Waals surface area (Å²) in [5, 5.41) is 0. The van der Waals surface area contributed by atoms with Gasteiger partial charge in [0.1, 0.15) is 5.78 Å². The van der Waals surface area contributed by atoms with Crippen LogP contribution in [0.2, 0.25) is 0 Å². The van der Waals surface area contributed by atoms with Crippen LogP contribution in [0.1, 0.15) is 32.6 Å². The predicted octanol–water partition coefficient (Wildman–Crippen LogP) is 1.47. The number of piperidine rings is 1. The lowest BCUT2D eigenvalue weighted by molar-refractivity contribution is -0.127. The number of ether oxygens (including phenoxy) is 1. The van der Waals surface area contributed by atoms with E-state index in [1.54, 1.807) is 0 Å². The third-order valence-electron chi connectivity index (χ3n) is 3.76. The molecule has 0 aromatic heterocycles. The number of likely N-dealkylation sites (tertiary alicyclic amines) is 1. The normalized spacial score (nSPS) is 30.7. The molecule has 2 saturated heterocycles. The van der Waals surface area contributed by atoms with Gasteiger partial charge in [-0.2, -0.15) is 0 Å². The Kier molecular flexibility index (Phi) is 3.76. The Morgan fingerprint density at radius 3 is 2.80 bits per heavy atom. The quantitative estimate of drug-likeness (QED) is 0.692. The summed E-state index contributed by atoms with van der Waals surface area (Å²) in [6, 6.07) is 0.667. The van der Waals surface area contributed by atoms with Crippen LogP contribution in [-0.2, 0) is 9.53 Å². The van der Waals surface area contributed by atoms with Crippen LogP contribution in [0.15, 0.2) is 0 Å². The molecule has 0 bridgehead atoms. The molecule has 15 heavy (non-hydrogen) atoms. The molecule has 0 aliphatic carbocycles. The highest BCUT2D eigenvalue weighted by molar-refractivity contribution is 5.82. The van der Waals surface area contributed by atoms with Crippen molar-refractivity contribution in [1.29, 1.82) is 0 Å². The van der Waals surface area contributed by atoms with Crippen LogP contribution >= 0.6 is 0 Å². The second kappa shape index (κ2) is 5.08. The molecule has 0 radical (unpaired) electrons. The molecule has 3 nitrogen and oxygen atoms in total. The molecule has 0 saturated carbocycles. The van der Waals surface area contributed by atoms with Crippen LogP contribution in [0.25, 0.3) is 0 Å². The van der Waals surface area contributed by atoms with Gasteiger partial charge >= 0.3 is 0 Å². The predicted molar refractivity (Wildman–Crippen MR) is 58.8 cm³/mol. The zero-order valence-corrected chi connectivity index (χ0v) is 9.58. The Morgan fingerprint density at radius 1 is 1.40 bits per heavy atom. The highest BCUT2D eigenvalue weighted by Gasteiger charge is 2.30. The molecule has 0 aromatic carbocycles. The molecule has 2 aliphatic rings. The molecule has 0 spiro atoms. The van der Waals surface area contributed by atoms with Crippen molar-refractivity contribution < 1.29 is 9.53 Å². The fourth-order valence-electron chi connectivity index (χ4n) is 2.67. The van der Waals surface area contributed by atoms with Gasteiger partial charge in [-0.05, 0) is 19.3 Å². The number of ketones is 1. The van der Waals surface area contributed by atoms with Crippen LogP contribution in [-0.4, -0.2) is 43.0 Å². The summed E-state index contributed by atoms with van der Waals surface area (Å²) in [5.41, 5.74) is 0. The van der Waals surface area contributed by atoms with Crippen molar-refractivity contribution in [3.05, 3.63) is 0 Å². The summed E-state index contributed by atoms with van der Waals surface area (Å²) >= 11 is 0. The summed E-state index contributed by atoms with van der Waals surface area (Å²) in [6.45, 7) is 5.87. The van der Waals surface area contributed by atoms with Crippen molar-refractivity contribution in [1.82, 2.24) is 4.90 Å². The maximum atomic E-state index is 11.6. The van der Waals surface area contributed by atoms with E-state index in [9.17, 15) is 4.79 Å². The van der Waals surface area contributed by atoms with Gasteiger partial charge < -0.3 is 4.74 Å². The molecular weight excluding hydrogens is 190 g/mol. The van der Waals surface area contributed by atoms with Crippen molar-refractivity contribution in [3.8, 4) is 0 Å². The first-order chi connectivity index (χ1) is 7.31. The Morgan fingerprint density at radius 2 is 2.13 bits per heavy atom. The summed E-state index contributed by atoms with van der Waals surface area (Å²) in [6.07, 6.45) is 4.05. The number of Topliss-reactive ketones (excluding diaryl/α,β-unsaturated/α-hetero) is 1. The van der Waals surface area contributed by atoms with Crippen molar-refractivity contribution in [3.63, 3.8) is 0 Å². The van der Waals surface area contributed by atoms with Gasteiger partial charge in [0.2, 0.25) is 0 Å². The topological polar surface area (TPSA) is 29.5 Å². The van der Waals surface area contributed by atoms with Gasteiger partial charge in [-0.3, -0.25) is 9.69 Å². The third-order valence-corrected chi connectivity index (χ3v) is 3.76. The van der Waals surface area contributed by atoms with Gasteiger partial charge in [0.15, 0.2) is 0 Å². The molecule has 86 valence electrons. The maximum absolute atomic E-state index is 11.6. The number of carbonyl (C=O) groups is 1. The maximum Gasteiger partial charge on any atom is 0.138 e. The fourth-order valence-corrected chi connectivity index (χ4v) is 2.67. The monoisotopic (exact) mass is 211 g/mol. The summed E-state index contributed by atoms with van der Waals surface area (Å²) in [5.74, 6) is 0.766. The van der Waals surface area contributed by atoms with Crippen LogP contribution in [0.3, 0.4) is 0 Å². The molecular formula is C12H21NO2. The Hall–Kier alpha value is -0.410. The zero-order chi connectivity index (χ0) is 10.7. The van der Waals surface area contributed by atoms with Crippen LogP contribution < -0.4 is 0 Å². The first-order valence-corrected chi connectivity index (χ1v) is 6.15. The van der Waals surface area contributed by atoms with Gasteiger partial charge in [0, 0.05) is 44.7 Å². The molecule has 1 atom stereocenters. The highest BCUT2D eigenvalue weighted by Crippen LogP contribution is 2.22. The second-order valence-corrected chi connectivity index (χ2v) is 4.66. The average molecular weight is 211 g/mol. The number of hydrogen-bond donors (Lipinski definition) is 0. The van der Waals surface area contributed by atoms with E-state index < -0.39 is 0 Å². The minimum absolute atomic E-state index is 0.293. The lowest BCUT2D eigenvalue weighted by Gasteiger charge is -2.39. The average Bonchev–Trinajstić information content (AvgIpc) is 2.31. The molecule has 1 unspecified atom stereocenters. The van der Waals surface area contributed by atoms with Crippen LogP contribution in [0, 0.1) is 5.92 Å². The standard InChI is InChI=1S/C12H21NO2/c1-2-10-9-13(6-3-12(10)14)11-4-7-15-8-5-11/h10-11H,2-9H2,1H3. The first-order valence-electron chi connectivity index (χ1n) is 6.15. The molecule has 0 aromatic rings. The van der Waals surface area contributed by atoms with Crippen molar-refractivity contribution in [2.24, 2.45) is 5.92 Å². The first kappa shape index (κ1) is 11.1. The summed E-state index contributed by atoms with van der Waals surface area (Å²) in [4.78, 5) is 14.1.